The van der Waals surface area contributed by atoms with Crippen LogP contribution in [-0.2, 0) is 0 Å². The van der Waals surface area contributed by atoms with Gasteiger partial charge in [-0.05, 0) is 17.9 Å². The van der Waals surface area contributed by atoms with Crippen LogP contribution in [0.1, 0.15) is 34.2 Å². The van der Waals surface area contributed by atoms with Crippen molar-refractivity contribution in [2.45, 2.75) is 18.9 Å². The van der Waals surface area contributed by atoms with Crippen LogP contribution in [0.25, 0.3) is 0 Å². The van der Waals surface area contributed by atoms with Crippen molar-refractivity contribution < 1.29 is 9.90 Å². The molecule has 3 heteroatoms. The van der Waals surface area contributed by atoms with E-state index < -0.39 is 6.10 Å². The molecule has 1 unspecified atom stereocenters. The number of Topliss-reactive ketones (excluding diaryl/α,β-unsaturated/α-hetero) is 1. The van der Waals surface area contributed by atoms with Crippen LogP contribution >= 0.6 is 11.3 Å². The van der Waals surface area contributed by atoms with Crippen LogP contribution in [-0.4, -0.2) is 10.9 Å². The van der Waals surface area contributed by atoms with E-state index in [1.54, 1.807) is 12.1 Å². The van der Waals surface area contributed by atoms with Gasteiger partial charge >= 0.3 is 0 Å². The van der Waals surface area contributed by atoms with Gasteiger partial charge in [0.2, 0.25) is 0 Å². The SMILES string of the molecule is O=C(CCC(O)c1cccs1)c1ccccc1. The Labute approximate surface area is 105 Å². The molecule has 0 bridgehead atoms. The molecule has 2 aromatic rings. The highest BCUT2D eigenvalue weighted by atomic mass is 32.1. The van der Waals surface area contributed by atoms with Crippen molar-refractivity contribution in [3.05, 3.63) is 58.3 Å². The van der Waals surface area contributed by atoms with Gasteiger partial charge in [-0.1, -0.05) is 36.4 Å². The fourth-order valence-corrected chi connectivity index (χ4v) is 2.41. The Balaban J connectivity index is 1.89. The zero-order chi connectivity index (χ0) is 12.1. The van der Waals surface area contributed by atoms with E-state index in [2.05, 4.69) is 0 Å². The zero-order valence-electron chi connectivity index (χ0n) is 9.37. The van der Waals surface area contributed by atoms with E-state index in [0.29, 0.717) is 18.4 Å². The molecule has 2 rings (SSSR count). The average molecular weight is 246 g/mol. The van der Waals surface area contributed by atoms with Crippen molar-refractivity contribution in [2.75, 3.05) is 0 Å². The standard InChI is InChI=1S/C14H14O2S/c15-12(11-5-2-1-3-6-11)8-9-13(16)14-7-4-10-17-14/h1-7,10,13,16H,8-9H2. The van der Waals surface area contributed by atoms with Crippen molar-refractivity contribution in [1.82, 2.24) is 0 Å². The smallest absolute Gasteiger partial charge is 0.162 e. The van der Waals surface area contributed by atoms with Gasteiger partial charge in [0.25, 0.3) is 0 Å². The lowest BCUT2D eigenvalue weighted by Gasteiger charge is -2.07. The fourth-order valence-electron chi connectivity index (χ4n) is 1.66. The Kier molecular flexibility index (Phi) is 4.07. The first-order valence-corrected chi connectivity index (χ1v) is 6.45. The van der Waals surface area contributed by atoms with Gasteiger partial charge in [0, 0.05) is 16.9 Å². The Morgan fingerprint density at radius 3 is 2.59 bits per heavy atom. The Morgan fingerprint density at radius 1 is 1.18 bits per heavy atom. The fraction of sp³-hybridized carbons (Fsp3) is 0.214. The molecule has 0 saturated heterocycles. The van der Waals surface area contributed by atoms with Gasteiger partial charge in [-0.3, -0.25) is 4.79 Å². The van der Waals surface area contributed by atoms with Gasteiger partial charge in [0.1, 0.15) is 0 Å². The third kappa shape index (κ3) is 3.25. The summed E-state index contributed by atoms with van der Waals surface area (Å²) in [6.07, 6.45) is 0.333. The highest BCUT2D eigenvalue weighted by Crippen LogP contribution is 2.23. The molecule has 0 fully saturated rings. The maximum atomic E-state index is 11.8. The van der Waals surface area contributed by atoms with Crippen molar-refractivity contribution in [3.63, 3.8) is 0 Å². The summed E-state index contributed by atoms with van der Waals surface area (Å²) < 4.78 is 0. The molecule has 0 aliphatic heterocycles. The molecule has 0 saturated carbocycles. The van der Waals surface area contributed by atoms with Crippen LogP contribution in [0.2, 0.25) is 0 Å². The van der Waals surface area contributed by atoms with Crippen LogP contribution in [0, 0.1) is 0 Å². The van der Waals surface area contributed by atoms with Gasteiger partial charge in [0.05, 0.1) is 6.10 Å². The van der Waals surface area contributed by atoms with E-state index in [4.69, 9.17) is 0 Å². The normalized spacial score (nSPS) is 12.3. The molecule has 1 heterocycles. The minimum Gasteiger partial charge on any atom is -0.388 e. The van der Waals surface area contributed by atoms with Crippen molar-refractivity contribution in [2.24, 2.45) is 0 Å². The Bertz CT molecular complexity index is 462. The van der Waals surface area contributed by atoms with Crippen LogP contribution < -0.4 is 0 Å². The molecule has 0 radical (unpaired) electrons. The lowest BCUT2D eigenvalue weighted by atomic mass is 10.0. The second kappa shape index (κ2) is 5.75. The summed E-state index contributed by atoms with van der Waals surface area (Å²) in [7, 11) is 0. The molecule has 1 aromatic carbocycles. The average Bonchev–Trinajstić information content (AvgIpc) is 2.90. The molecule has 88 valence electrons. The van der Waals surface area contributed by atoms with E-state index in [0.717, 1.165) is 4.88 Å². The van der Waals surface area contributed by atoms with Gasteiger partial charge in [0.15, 0.2) is 5.78 Å². The molecular weight excluding hydrogens is 232 g/mol. The highest BCUT2D eigenvalue weighted by Gasteiger charge is 2.12. The summed E-state index contributed by atoms with van der Waals surface area (Å²) in [6, 6.07) is 13.0. The number of aliphatic hydroxyl groups is 1. The van der Waals surface area contributed by atoms with Gasteiger partial charge < -0.3 is 5.11 Å². The number of carbonyl (C=O) groups is 1. The van der Waals surface area contributed by atoms with Crippen LogP contribution in [0.4, 0.5) is 0 Å². The number of thiophene rings is 1. The molecule has 1 N–H and O–H groups in total. The van der Waals surface area contributed by atoms with Gasteiger partial charge in [-0.15, -0.1) is 11.3 Å². The number of ketones is 1. The lowest BCUT2D eigenvalue weighted by molar-refractivity contribution is 0.0942. The number of hydrogen-bond donors (Lipinski definition) is 1. The number of rotatable bonds is 5. The van der Waals surface area contributed by atoms with Crippen LogP contribution in [0.15, 0.2) is 47.8 Å². The molecule has 1 aromatic heterocycles. The van der Waals surface area contributed by atoms with Crippen molar-refractivity contribution in [1.29, 1.82) is 0 Å². The van der Waals surface area contributed by atoms with E-state index in [1.165, 1.54) is 11.3 Å². The monoisotopic (exact) mass is 246 g/mol. The summed E-state index contributed by atoms with van der Waals surface area (Å²) >= 11 is 1.52. The first kappa shape index (κ1) is 12.0. The second-order valence-electron chi connectivity index (χ2n) is 3.86. The number of aliphatic hydroxyl groups excluding tert-OH is 1. The topological polar surface area (TPSA) is 37.3 Å². The van der Waals surface area contributed by atoms with Gasteiger partial charge in [-0.2, -0.15) is 0 Å². The maximum Gasteiger partial charge on any atom is 0.162 e. The molecule has 0 amide bonds. The zero-order valence-corrected chi connectivity index (χ0v) is 10.2. The van der Waals surface area contributed by atoms with Gasteiger partial charge in [-0.25, -0.2) is 0 Å². The minimum atomic E-state index is -0.525. The Morgan fingerprint density at radius 2 is 1.94 bits per heavy atom. The van der Waals surface area contributed by atoms with Crippen LogP contribution in [0.3, 0.4) is 0 Å². The predicted octanol–water partition coefficient (Wildman–Crippen LogP) is 3.44. The maximum absolute atomic E-state index is 11.8. The minimum absolute atomic E-state index is 0.0845. The highest BCUT2D eigenvalue weighted by molar-refractivity contribution is 7.10. The van der Waals surface area contributed by atoms with Crippen molar-refractivity contribution in [3.8, 4) is 0 Å². The first-order chi connectivity index (χ1) is 8.27. The summed E-state index contributed by atoms with van der Waals surface area (Å²) in [5, 5.41) is 11.8. The molecule has 0 aliphatic carbocycles. The molecular formula is C14H14O2S. The Hall–Kier alpha value is -1.45. The lowest BCUT2D eigenvalue weighted by Crippen LogP contribution is -2.02. The molecule has 0 aliphatic rings. The molecule has 2 nitrogen and oxygen atoms in total. The third-order valence-corrected chi connectivity index (χ3v) is 3.59. The number of carbonyl (C=O) groups excluding carboxylic acids is 1. The summed E-state index contributed by atoms with van der Waals surface area (Å²) in [4.78, 5) is 12.7. The quantitative estimate of drug-likeness (QED) is 0.820. The van der Waals surface area contributed by atoms with E-state index in [-0.39, 0.29) is 5.78 Å². The van der Waals surface area contributed by atoms with E-state index in [9.17, 15) is 9.90 Å². The largest absolute Gasteiger partial charge is 0.388 e. The van der Waals surface area contributed by atoms with Crippen LogP contribution in [0.5, 0.6) is 0 Å². The predicted molar refractivity (Wildman–Crippen MR) is 69.3 cm³/mol. The first-order valence-electron chi connectivity index (χ1n) is 5.57. The number of benzene rings is 1. The van der Waals surface area contributed by atoms with E-state index >= 15 is 0 Å². The number of hydrogen-bond acceptors (Lipinski definition) is 3. The van der Waals surface area contributed by atoms with Crippen molar-refractivity contribution >= 4 is 17.1 Å². The second-order valence-corrected chi connectivity index (χ2v) is 4.84. The summed E-state index contributed by atoms with van der Waals surface area (Å²) in [6.45, 7) is 0. The summed E-state index contributed by atoms with van der Waals surface area (Å²) in [5.41, 5.74) is 0.714. The van der Waals surface area contributed by atoms with E-state index in [1.807, 2.05) is 35.7 Å². The molecule has 1 atom stereocenters. The third-order valence-electron chi connectivity index (χ3n) is 2.61. The molecule has 0 spiro atoms. The molecule has 17 heavy (non-hydrogen) atoms. The summed E-state index contributed by atoms with van der Waals surface area (Å²) in [5.74, 6) is 0.0845.